The maximum atomic E-state index is 10.4. The van der Waals surface area contributed by atoms with Gasteiger partial charge in [0.1, 0.15) is 10.6 Å². The third-order valence-electron chi connectivity index (χ3n) is 3.14. The molecule has 0 saturated heterocycles. The molecule has 0 atom stereocenters. The van der Waals surface area contributed by atoms with Gasteiger partial charge < -0.3 is 9.52 Å². The van der Waals surface area contributed by atoms with Crippen molar-refractivity contribution in [2.75, 3.05) is 0 Å². The molecular weight excluding hydrogens is 316 g/mol. The molecule has 0 saturated carbocycles. The van der Waals surface area contributed by atoms with Gasteiger partial charge in [-0.25, -0.2) is 0 Å². The van der Waals surface area contributed by atoms with Crippen LogP contribution in [0.3, 0.4) is 0 Å². The van der Waals surface area contributed by atoms with Crippen LogP contribution in [0, 0.1) is 10.9 Å². The Kier molecular flexibility index (Phi) is 4.22. The number of hydrogen-bond acceptors (Lipinski definition) is 5. The van der Waals surface area contributed by atoms with Gasteiger partial charge in [0.2, 0.25) is 5.88 Å². The maximum absolute atomic E-state index is 10.4. The minimum absolute atomic E-state index is 0.113. The molecule has 0 aliphatic rings. The topological polar surface area (TPSA) is 50.7 Å². The van der Waals surface area contributed by atoms with Crippen LogP contribution >= 0.6 is 23.6 Å². The second kappa shape index (κ2) is 6.29. The van der Waals surface area contributed by atoms with E-state index in [0.29, 0.717) is 15.4 Å². The summed E-state index contributed by atoms with van der Waals surface area (Å²) in [7, 11) is 0. The first-order valence-corrected chi connectivity index (χ1v) is 7.91. The van der Waals surface area contributed by atoms with Crippen LogP contribution in [0.2, 0.25) is 0 Å². The van der Waals surface area contributed by atoms with Crippen molar-refractivity contribution in [2.24, 2.45) is 4.99 Å². The summed E-state index contributed by atoms with van der Waals surface area (Å²) < 4.78 is 7.44. The van der Waals surface area contributed by atoms with E-state index >= 15 is 0 Å². The van der Waals surface area contributed by atoms with Crippen LogP contribution < -0.4 is 0 Å². The van der Waals surface area contributed by atoms with Crippen LogP contribution in [0.5, 0.6) is 5.88 Å². The van der Waals surface area contributed by atoms with Gasteiger partial charge in [0.05, 0.1) is 18.5 Å². The van der Waals surface area contributed by atoms with Crippen molar-refractivity contribution in [3.05, 3.63) is 62.8 Å². The summed E-state index contributed by atoms with van der Waals surface area (Å²) in [5.41, 5.74) is 2.00. The Morgan fingerprint density at radius 2 is 2.09 bits per heavy atom. The molecule has 0 spiro atoms. The van der Waals surface area contributed by atoms with E-state index in [1.807, 2.05) is 43.3 Å². The first kappa shape index (κ1) is 14.7. The van der Waals surface area contributed by atoms with Gasteiger partial charge in [-0.3, -0.25) is 9.56 Å². The number of benzene rings is 1. The van der Waals surface area contributed by atoms with Crippen LogP contribution in [0.25, 0.3) is 5.69 Å². The van der Waals surface area contributed by atoms with Gasteiger partial charge in [-0.1, -0.05) is 29.0 Å². The number of furan rings is 1. The van der Waals surface area contributed by atoms with E-state index in [-0.39, 0.29) is 5.88 Å². The van der Waals surface area contributed by atoms with E-state index in [1.165, 1.54) is 11.3 Å². The van der Waals surface area contributed by atoms with Crippen LogP contribution in [0.15, 0.2) is 52.1 Å². The fourth-order valence-electron chi connectivity index (χ4n) is 2.01. The summed E-state index contributed by atoms with van der Waals surface area (Å²) in [6.07, 6.45) is 3.24. The van der Waals surface area contributed by atoms with Crippen molar-refractivity contribution < 1.29 is 9.52 Å². The zero-order chi connectivity index (χ0) is 15.5. The molecule has 0 aliphatic heterocycles. The third kappa shape index (κ3) is 3.03. The van der Waals surface area contributed by atoms with Gasteiger partial charge in [-0.15, -0.1) is 0 Å². The van der Waals surface area contributed by atoms with Gasteiger partial charge in [0.15, 0.2) is 3.95 Å². The molecule has 2 aromatic heterocycles. The first-order chi connectivity index (χ1) is 10.6. The molecule has 1 aromatic carbocycles. The average Bonchev–Trinajstić information content (AvgIpc) is 3.10. The van der Waals surface area contributed by atoms with Gasteiger partial charge in [-0.2, -0.15) is 0 Å². The van der Waals surface area contributed by atoms with E-state index in [0.717, 1.165) is 17.0 Å². The standard InChI is InChI=1S/C16H14N2O2S2/c1-11-4-6-12(7-5-11)18-15(19)14(22-16(18)21)10-17-9-13-3-2-8-20-13/h2-8,10,19H,9H2,1H3. The van der Waals surface area contributed by atoms with E-state index in [9.17, 15) is 5.11 Å². The number of nitrogens with zero attached hydrogens (tertiary/aromatic N) is 2. The number of aliphatic imine (C=N–C) groups is 1. The summed E-state index contributed by atoms with van der Waals surface area (Å²) in [6.45, 7) is 2.45. The molecular formula is C16H14N2O2S2. The van der Waals surface area contributed by atoms with Crippen molar-refractivity contribution >= 4 is 29.8 Å². The van der Waals surface area contributed by atoms with Crippen molar-refractivity contribution in [2.45, 2.75) is 13.5 Å². The molecule has 1 N–H and O–H groups in total. The van der Waals surface area contributed by atoms with Crippen molar-refractivity contribution in [3.8, 4) is 11.6 Å². The lowest BCUT2D eigenvalue weighted by Crippen LogP contribution is -1.93. The second-order valence-electron chi connectivity index (χ2n) is 4.78. The number of aromatic nitrogens is 1. The van der Waals surface area contributed by atoms with E-state index < -0.39 is 0 Å². The maximum Gasteiger partial charge on any atom is 0.216 e. The molecule has 0 unspecified atom stereocenters. The highest BCUT2D eigenvalue weighted by atomic mass is 32.1. The molecule has 22 heavy (non-hydrogen) atoms. The minimum Gasteiger partial charge on any atom is -0.493 e. The minimum atomic E-state index is 0.113. The lowest BCUT2D eigenvalue weighted by atomic mass is 10.2. The smallest absolute Gasteiger partial charge is 0.216 e. The molecule has 3 rings (SSSR count). The Morgan fingerprint density at radius 1 is 1.32 bits per heavy atom. The summed E-state index contributed by atoms with van der Waals surface area (Å²) in [4.78, 5) is 4.92. The van der Waals surface area contributed by atoms with Crippen LogP contribution in [0.1, 0.15) is 16.2 Å². The van der Waals surface area contributed by atoms with Gasteiger partial charge in [0.25, 0.3) is 0 Å². The van der Waals surface area contributed by atoms with Crippen LogP contribution in [0.4, 0.5) is 0 Å². The van der Waals surface area contributed by atoms with Crippen LogP contribution in [-0.2, 0) is 6.54 Å². The average molecular weight is 330 g/mol. The van der Waals surface area contributed by atoms with Crippen molar-refractivity contribution in [1.29, 1.82) is 0 Å². The second-order valence-corrected chi connectivity index (χ2v) is 6.45. The van der Waals surface area contributed by atoms with Gasteiger partial charge >= 0.3 is 0 Å². The quantitative estimate of drug-likeness (QED) is 0.566. The predicted octanol–water partition coefficient (Wildman–Crippen LogP) is 4.49. The monoisotopic (exact) mass is 330 g/mol. The summed E-state index contributed by atoms with van der Waals surface area (Å²) in [6, 6.07) is 11.5. The molecule has 0 fully saturated rings. The number of hydrogen-bond donors (Lipinski definition) is 1. The lowest BCUT2D eigenvalue weighted by molar-refractivity contribution is 0.441. The molecule has 0 amide bonds. The first-order valence-electron chi connectivity index (χ1n) is 6.69. The highest BCUT2D eigenvalue weighted by Gasteiger charge is 2.11. The Bertz CT molecular complexity index is 843. The molecule has 2 heterocycles. The number of aryl methyl sites for hydroxylation is 1. The number of rotatable bonds is 4. The van der Waals surface area contributed by atoms with Crippen LogP contribution in [-0.4, -0.2) is 15.9 Å². The highest BCUT2D eigenvalue weighted by Crippen LogP contribution is 2.28. The normalized spacial score (nSPS) is 11.3. The van der Waals surface area contributed by atoms with E-state index in [4.69, 9.17) is 16.6 Å². The Morgan fingerprint density at radius 3 is 2.77 bits per heavy atom. The Labute approximate surface area is 137 Å². The SMILES string of the molecule is Cc1ccc(-n2c(O)c(C=NCc3ccco3)sc2=S)cc1. The van der Waals surface area contributed by atoms with Crippen molar-refractivity contribution in [3.63, 3.8) is 0 Å². The van der Waals surface area contributed by atoms with E-state index in [1.54, 1.807) is 17.0 Å². The predicted molar refractivity (Wildman–Crippen MR) is 90.9 cm³/mol. The molecule has 0 aliphatic carbocycles. The van der Waals surface area contributed by atoms with Gasteiger partial charge in [-0.05, 0) is 43.4 Å². The summed E-state index contributed by atoms with van der Waals surface area (Å²) >= 11 is 6.67. The fraction of sp³-hybridized carbons (Fsp3) is 0.125. The number of thiazole rings is 1. The Balaban J connectivity index is 1.88. The molecule has 4 nitrogen and oxygen atoms in total. The summed E-state index contributed by atoms with van der Waals surface area (Å²) in [5.74, 6) is 0.888. The van der Waals surface area contributed by atoms with Crippen molar-refractivity contribution in [1.82, 2.24) is 4.57 Å². The molecule has 6 heteroatoms. The molecule has 112 valence electrons. The number of aromatic hydroxyl groups is 1. The lowest BCUT2D eigenvalue weighted by Gasteiger charge is -2.04. The molecule has 3 aromatic rings. The van der Waals surface area contributed by atoms with Gasteiger partial charge in [0, 0.05) is 6.21 Å². The highest BCUT2D eigenvalue weighted by molar-refractivity contribution is 7.73. The molecule has 0 bridgehead atoms. The zero-order valence-electron chi connectivity index (χ0n) is 11.9. The zero-order valence-corrected chi connectivity index (χ0v) is 13.5. The third-order valence-corrected chi connectivity index (χ3v) is 4.44. The fourth-order valence-corrected chi connectivity index (χ4v) is 3.25. The molecule has 0 radical (unpaired) electrons. The summed E-state index contributed by atoms with van der Waals surface area (Å²) in [5, 5.41) is 10.4. The van der Waals surface area contributed by atoms with E-state index in [2.05, 4.69) is 4.99 Å². The largest absolute Gasteiger partial charge is 0.493 e. The Hall–Kier alpha value is -2.18.